The summed E-state index contributed by atoms with van der Waals surface area (Å²) in [4.78, 5) is 15.4. The Balaban J connectivity index is 1.73. The van der Waals surface area contributed by atoms with Crippen molar-refractivity contribution < 1.29 is 4.79 Å². The SMILES string of the molecule is CCC(c1ccccc1)C(CN)C(=O)N1CCC(NC)(c2ccccc2)CC1. The van der Waals surface area contributed by atoms with Crippen molar-refractivity contribution in [2.75, 3.05) is 26.7 Å². The summed E-state index contributed by atoms with van der Waals surface area (Å²) in [5.74, 6) is 0.214. The zero-order valence-corrected chi connectivity index (χ0v) is 17.1. The lowest BCUT2D eigenvalue weighted by Crippen LogP contribution is -2.53. The normalized spacial score (nSPS) is 18.5. The van der Waals surface area contributed by atoms with Crippen LogP contribution in [0.25, 0.3) is 0 Å². The molecule has 0 saturated carbocycles. The van der Waals surface area contributed by atoms with Crippen LogP contribution in [0.2, 0.25) is 0 Å². The van der Waals surface area contributed by atoms with E-state index in [0.717, 1.165) is 32.4 Å². The van der Waals surface area contributed by atoms with Gasteiger partial charge in [-0.15, -0.1) is 0 Å². The zero-order valence-electron chi connectivity index (χ0n) is 17.1. The summed E-state index contributed by atoms with van der Waals surface area (Å²) in [5, 5.41) is 3.53. The number of hydrogen-bond donors (Lipinski definition) is 2. The molecule has 4 nitrogen and oxygen atoms in total. The van der Waals surface area contributed by atoms with Gasteiger partial charge in [0, 0.05) is 25.2 Å². The van der Waals surface area contributed by atoms with Crippen molar-refractivity contribution in [1.29, 1.82) is 0 Å². The lowest BCUT2D eigenvalue weighted by atomic mass is 9.79. The molecule has 3 rings (SSSR count). The minimum Gasteiger partial charge on any atom is -0.342 e. The molecule has 0 aromatic heterocycles. The molecular weight excluding hydrogens is 346 g/mol. The van der Waals surface area contributed by atoms with Crippen LogP contribution in [0, 0.1) is 5.92 Å². The summed E-state index contributed by atoms with van der Waals surface area (Å²) in [7, 11) is 2.02. The molecule has 1 aliphatic heterocycles. The fraction of sp³-hybridized carbons (Fsp3) is 0.458. The van der Waals surface area contributed by atoms with Crippen molar-refractivity contribution in [3.8, 4) is 0 Å². The smallest absolute Gasteiger partial charge is 0.227 e. The Hall–Kier alpha value is -2.17. The van der Waals surface area contributed by atoms with Crippen molar-refractivity contribution in [2.24, 2.45) is 11.7 Å². The van der Waals surface area contributed by atoms with Gasteiger partial charge in [0.25, 0.3) is 0 Å². The second-order valence-electron chi connectivity index (χ2n) is 7.79. The van der Waals surface area contributed by atoms with Crippen molar-refractivity contribution in [3.05, 3.63) is 71.8 Å². The minimum absolute atomic E-state index is 0.0557. The lowest BCUT2D eigenvalue weighted by molar-refractivity contribution is -0.137. The number of nitrogens with one attached hydrogen (secondary N) is 1. The van der Waals surface area contributed by atoms with Crippen molar-refractivity contribution in [3.63, 3.8) is 0 Å². The Morgan fingerprint density at radius 1 is 1.07 bits per heavy atom. The van der Waals surface area contributed by atoms with E-state index in [2.05, 4.69) is 48.6 Å². The predicted octanol–water partition coefficient (Wildman–Crippen LogP) is 3.49. The van der Waals surface area contributed by atoms with Crippen LogP contribution in [0.4, 0.5) is 0 Å². The number of nitrogens with two attached hydrogens (primary N) is 1. The lowest BCUT2D eigenvalue weighted by Gasteiger charge is -2.43. The second kappa shape index (κ2) is 9.35. The number of amides is 1. The van der Waals surface area contributed by atoms with Crippen LogP contribution in [0.15, 0.2) is 60.7 Å². The van der Waals surface area contributed by atoms with Crippen molar-refractivity contribution >= 4 is 5.91 Å². The van der Waals surface area contributed by atoms with E-state index < -0.39 is 0 Å². The molecule has 1 amide bonds. The summed E-state index contributed by atoms with van der Waals surface area (Å²) in [6.07, 6.45) is 2.74. The van der Waals surface area contributed by atoms with Crippen LogP contribution < -0.4 is 11.1 Å². The molecule has 150 valence electrons. The van der Waals surface area contributed by atoms with E-state index in [1.807, 2.05) is 36.2 Å². The summed E-state index contributed by atoms with van der Waals surface area (Å²) in [6.45, 7) is 4.05. The average molecular weight is 380 g/mol. The van der Waals surface area contributed by atoms with Gasteiger partial charge in [-0.05, 0) is 43.4 Å². The first-order valence-corrected chi connectivity index (χ1v) is 10.4. The Labute approximate surface area is 169 Å². The number of benzene rings is 2. The number of hydrogen-bond acceptors (Lipinski definition) is 3. The highest BCUT2D eigenvalue weighted by Crippen LogP contribution is 2.35. The molecule has 1 heterocycles. The van der Waals surface area contributed by atoms with Crippen LogP contribution in [0.5, 0.6) is 0 Å². The highest BCUT2D eigenvalue weighted by Gasteiger charge is 2.38. The highest BCUT2D eigenvalue weighted by atomic mass is 16.2. The molecule has 1 saturated heterocycles. The molecule has 1 aliphatic rings. The third kappa shape index (κ3) is 4.13. The van der Waals surface area contributed by atoms with Crippen LogP contribution >= 0.6 is 0 Å². The van der Waals surface area contributed by atoms with Gasteiger partial charge in [-0.2, -0.15) is 0 Å². The van der Waals surface area contributed by atoms with Gasteiger partial charge in [0.15, 0.2) is 0 Å². The van der Waals surface area contributed by atoms with Crippen LogP contribution in [0.3, 0.4) is 0 Å². The zero-order chi connectivity index (χ0) is 20.0. The van der Waals surface area contributed by atoms with Crippen LogP contribution in [-0.2, 0) is 10.3 Å². The summed E-state index contributed by atoms with van der Waals surface area (Å²) in [6, 6.07) is 20.9. The molecule has 0 bridgehead atoms. The maximum atomic E-state index is 13.4. The van der Waals surface area contributed by atoms with Crippen LogP contribution in [0.1, 0.15) is 43.2 Å². The summed E-state index contributed by atoms with van der Waals surface area (Å²) in [5.41, 5.74) is 8.56. The van der Waals surface area contributed by atoms with Gasteiger partial charge >= 0.3 is 0 Å². The Morgan fingerprint density at radius 3 is 2.14 bits per heavy atom. The molecular formula is C24H33N3O. The molecule has 0 aliphatic carbocycles. The van der Waals surface area contributed by atoms with Gasteiger partial charge in [-0.25, -0.2) is 0 Å². The van der Waals surface area contributed by atoms with Gasteiger partial charge < -0.3 is 16.0 Å². The number of nitrogens with zero attached hydrogens (tertiary/aromatic N) is 1. The molecule has 4 heteroatoms. The molecule has 0 spiro atoms. The molecule has 2 aromatic rings. The fourth-order valence-corrected chi connectivity index (χ4v) is 4.67. The largest absolute Gasteiger partial charge is 0.342 e. The van der Waals surface area contributed by atoms with E-state index in [1.165, 1.54) is 11.1 Å². The van der Waals surface area contributed by atoms with E-state index in [4.69, 9.17) is 5.73 Å². The molecule has 28 heavy (non-hydrogen) atoms. The molecule has 1 fully saturated rings. The van der Waals surface area contributed by atoms with E-state index >= 15 is 0 Å². The van der Waals surface area contributed by atoms with Crippen molar-refractivity contribution in [2.45, 2.75) is 37.6 Å². The Kier molecular flexibility index (Phi) is 6.87. The molecule has 2 unspecified atom stereocenters. The average Bonchev–Trinajstić information content (AvgIpc) is 2.78. The third-order valence-corrected chi connectivity index (χ3v) is 6.46. The van der Waals surface area contributed by atoms with Gasteiger partial charge in [-0.3, -0.25) is 4.79 Å². The molecule has 3 N–H and O–H groups in total. The maximum Gasteiger partial charge on any atom is 0.227 e. The maximum absolute atomic E-state index is 13.4. The first-order valence-electron chi connectivity index (χ1n) is 10.4. The highest BCUT2D eigenvalue weighted by molar-refractivity contribution is 5.80. The minimum atomic E-state index is -0.161. The molecule has 0 radical (unpaired) electrons. The topological polar surface area (TPSA) is 58.4 Å². The molecule has 2 aromatic carbocycles. The van der Waals surface area contributed by atoms with Gasteiger partial charge in [0.2, 0.25) is 5.91 Å². The first-order chi connectivity index (χ1) is 13.6. The van der Waals surface area contributed by atoms with E-state index in [9.17, 15) is 4.79 Å². The van der Waals surface area contributed by atoms with Gasteiger partial charge in [0.1, 0.15) is 0 Å². The summed E-state index contributed by atoms with van der Waals surface area (Å²) >= 11 is 0. The quantitative estimate of drug-likeness (QED) is 0.774. The number of carbonyl (C=O) groups excluding carboxylic acids is 1. The standard InChI is InChI=1S/C24H33N3O/c1-3-21(19-10-6-4-7-11-19)22(18-25)23(28)27-16-14-24(26-2,15-17-27)20-12-8-5-9-13-20/h4-13,21-22,26H,3,14-18,25H2,1-2H3. The Bertz CT molecular complexity index is 739. The van der Waals surface area contributed by atoms with Gasteiger partial charge in [0.05, 0.1) is 5.92 Å². The number of likely N-dealkylation sites (tertiary alicyclic amines) is 1. The number of carbonyl (C=O) groups is 1. The van der Waals surface area contributed by atoms with E-state index in [-0.39, 0.29) is 23.3 Å². The van der Waals surface area contributed by atoms with E-state index in [1.54, 1.807) is 0 Å². The monoisotopic (exact) mass is 379 g/mol. The van der Waals surface area contributed by atoms with Gasteiger partial charge in [-0.1, -0.05) is 67.6 Å². The number of rotatable bonds is 7. The van der Waals surface area contributed by atoms with E-state index in [0.29, 0.717) is 6.54 Å². The fourth-order valence-electron chi connectivity index (χ4n) is 4.67. The number of piperidine rings is 1. The predicted molar refractivity (Wildman–Crippen MR) is 115 cm³/mol. The Morgan fingerprint density at radius 2 is 1.64 bits per heavy atom. The first kappa shape index (κ1) is 20.6. The van der Waals surface area contributed by atoms with Crippen molar-refractivity contribution in [1.82, 2.24) is 10.2 Å². The second-order valence-corrected chi connectivity index (χ2v) is 7.79. The third-order valence-electron chi connectivity index (χ3n) is 6.46. The summed E-state index contributed by atoms with van der Waals surface area (Å²) < 4.78 is 0. The van der Waals surface area contributed by atoms with Crippen LogP contribution in [-0.4, -0.2) is 37.5 Å². The molecule has 2 atom stereocenters.